The highest BCUT2D eigenvalue weighted by Crippen LogP contribution is 2.62. The molecule has 2 rings (SSSR count). The van der Waals surface area contributed by atoms with Crippen molar-refractivity contribution in [1.82, 2.24) is 0 Å². The molecule has 0 N–H and O–H groups in total. The standard InChI is InChI=1S/C21H18Cl6O2/c1-3-13-28-17-9-5-15(6-10-17)19(20(22,23)24,21(25,26)27)16-7-11-18(12-8-16)29-14-4-2/h3-12H,1-2,13-14H2. The summed E-state index contributed by atoms with van der Waals surface area (Å²) in [7, 11) is 0. The molecule has 8 heteroatoms. The Hall–Kier alpha value is -0.740. The Kier molecular flexibility index (Phi) is 8.50. The molecule has 0 heterocycles. The Bertz CT molecular complexity index is 749. The predicted octanol–water partition coefficient (Wildman–Crippen LogP) is 7.84. The van der Waals surface area contributed by atoms with Crippen LogP contribution in [-0.2, 0) is 5.41 Å². The summed E-state index contributed by atoms with van der Waals surface area (Å²) in [6.07, 6.45) is 3.27. The van der Waals surface area contributed by atoms with E-state index in [1.54, 1.807) is 60.7 Å². The van der Waals surface area contributed by atoms with Crippen molar-refractivity contribution >= 4 is 69.6 Å². The van der Waals surface area contributed by atoms with E-state index in [9.17, 15) is 0 Å². The molecular weight excluding hydrogens is 497 g/mol. The van der Waals surface area contributed by atoms with Crippen LogP contribution in [0, 0.1) is 0 Å². The first-order chi connectivity index (χ1) is 13.6. The molecule has 0 saturated carbocycles. The van der Waals surface area contributed by atoms with Crippen molar-refractivity contribution in [2.24, 2.45) is 0 Å². The lowest BCUT2D eigenvalue weighted by Gasteiger charge is -2.45. The van der Waals surface area contributed by atoms with Gasteiger partial charge in [0, 0.05) is 0 Å². The molecule has 0 spiro atoms. The number of hydrogen-bond donors (Lipinski definition) is 0. The summed E-state index contributed by atoms with van der Waals surface area (Å²) in [6, 6.07) is 13.6. The van der Waals surface area contributed by atoms with Crippen LogP contribution in [-0.4, -0.2) is 20.8 Å². The number of alkyl halides is 6. The van der Waals surface area contributed by atoms with E-state index in [1.807, 2.05) is 0 Å². The van der Waals surface area contributed by atoms with Crippen LogP contribution < -0.4 is 9.47 Å². The molecule has 0 aliphatic carbocycles. The molecule has 0 atom stereocenters. The molecular formula is C21H18Cl6O2. The van der Waals surface area contributed by atoms with Gasteiger partial charge in [-0.15, -0.1) is 0 Å². The molecule has 0 fully saturated rings. The fraction of sp³-hybridized carbons (Fsp3) is 0.238. The highest BCUT2D eigenvalue weighted by molar-refractivity contribution is 6.74. The minimum atomic E-state index is -2.01. The third-order valence-electron chi connectivity index (χ3n) is 4.16. The lowest BCUT2D eigenvalue weighted by molar-refractivity contribution is 0.362. The third-order valence-corrected chi connectivity index (χ3v) is 5.86. The van der Waals surface area contributed by atoms with Crippen molar-refractivity contribution < 1.29 is 9.47 Å². The molecule has 2 aromatic rings. The normalized spacial score (nSPS) is 12.3. The zero-order valence-corrected chi connectivity index (χ0v) is 19.7. The third kappa shape index (κ3) is 5.31. The van der Waals surface area contributed by atoms with Crippen molar-refractivity contribution in [2.75, 3.05) is 13.2 Å². The molecule has 2 nitrogen and oxygen atoms in total. The number of hydrogen-bond acceptors (Lipinski definition) is 2. The lowest BCUT2D eigenvalue weighted by Crippen LogP contribution is -2.51. The van der Waals surface area contributed by atoms with Gasteiger partial charge >= 0.3 is 0 Å². The van der Waals surface area contributed by atoms with E-state index < -0.39 is 13.0 Å². The van der Waals surface area contributed by atoms with Crippen LogP contribution in [0.25, 0.3) is 0 Å². The van der Waals surface area contributed by atoms with Crippen molar-refractivity contribution in [3.63, 3.8) is 0 Å². The largest absolute Gasteiger partial charge is 0.490 e. The second-order valence-corrected chi connectivity index (χ2v) is 10.6. The summed E-state index contributed by atoms with van der Waals surface area (Å²) >= 11 is 38.7. The Labute approximate surface area is 200 Å². The van der Waals surface area contributed by atoms with Crippen molar-refractivity contribution in [3.8, 4) is 11.5 Å². The fourth-order valence-corrected chi connectivity index (χ4v) is 5.49. The summed E-state index contributed by atoms with van der Waals surface area (Å²) in [5.74, 6) is 1.20. The molecule has 0 unspecified atom stereocenters. The molecule has 29 heavy (non-hydrogen) atoms. The molecule has 0 aromatic heterocycles. The second kappa shape index (κ2) is 10.0. The fourth-order valence-electron chi connectivity index (χ4n) is 2.89. The second-order valence-electron chi connectivity index (χ2n) is 5.99. The summed E-state index contributed by atoms with van der Waals surface area (Å²) < 4.78 is 7.01. The molecule has 0 aliphatic heterocycles. The van der Waals surface area contributed by atoms with Crippen LogP contribution in [0.2, 0.25) is 0 Å². The molecule has 2 aromatic carbocycles. The minimum Gasteiger partial charge on any atom is -0.490 e. The average Bonchev–Trinajstić information content (AvgIpc) is 2.65. The van der Waals surface area contributed by atoms with Crippen molar-refractivity contribution in [2.45, 2.75) is 13.0 Å². The van der Waals surface area contributed by atoms with Gasteiger partial charge in [0.15, 0.2) is 0 Å². The maximum atomic E-state index is 6.44. The number of benzene rings is 2. The smallest absolute Gasteiger partial charge is 0.208 e. The van der Waals surface area contributed by atoms with Crippen molar-refractivity contribution in [3.05, 3.63) is 85.0 Å². The predicted molar refractivity (Wildman–Crippen MR) is 126 cm³/mol. The van der Waals surface area contributed by atoms with Gasteiger partial charge < -0.3 is 9.47 Å². The summed E-state index contributed by atoms with van der Waals surface area (Å²) in [6.45, 7) is 7.94. The lowest BCUT2D eigenvalue weighted by atomic mass is 9.76. The number of ether oxygens (including phenoxy) is 2. The van der Waals surface area contributed by atoms with Gasteiger partial charge in [0.05, 0.1) is 0 Å². The molecule has 156 valence electrons. The van der Waals surface area contributed by atoms with E-state index in [-0.39, 0.29) is 0 Å². The van der Waals surface area contributed by atoms with Crippen molar-refractivity contribution in [1.29, 1.82) is 0 Å². The first-order valence-electron chi connectivity index (χ1n) is 8.40. The van der Waals surface area contributed by atoms with Gasteiger partial charge in [-0.1, -0.05) is 119 Å². The summed E-state index contributed by atoms with van der Waals surface area (Å²) in [5.41, 5.74) is -0.644. The van der Waals surface area contributed by atoms with Crippen LogP contribution in [0.3, 0.4) is 0 Å². The van der Waals surface area contributed by atoms with Gasteiger partial charge in [-0.25, -0.2) is 0 Å². The Balaban J connectivity index is 2.63. The van der Waals surface area contributed by atoms with Crippen LogP contribution in [0.1, 0.15) is 11.1 Å². The van der Waals surface area contributed by atoms with E-state index in [4.69, 9.17) is 79.1 Å². The zero-order chi connectivity index (χ0) is 21.7. The molecule has 0 radical (unpaired) electrons. The molecule has 0 amide bonds. The maximum absolute atomic E-state index is 6.44. The van der Waals surface area contributed by atoms with Gasteiger partial charge in [-0.05, 0) is 35.4 Å². The zero-order valence-electron chi connectivity index (χ0n) is 15.2. The monoisotopic (exact) mass is 512 g/mol. The van der Waals surface area contributed by atoms with Gasteiger partial charge in [-0.3, -0.25) is 0 Å². The van der Waals surface area contributed by atoms with E-state index in [1.165, 1.54) is 0 Å². The maximum Gasteiger partial charge on any atom is 0.208 e. The van der Waals surface area contributed by atoms with E-state index in [0.717, 1.165) is 0 Å². The molecule has 0 aliphatic rings. The molecule has 0 bridgehead atoms. The Morgan fingerprint density at radius 1 is 0.621 bits per heavy atom. The van der Waals surface area contributed by atoms with Crippen LogP contribution in [0.5, 0.6) is 11.5 Å². The topological polar surface area (TPSA) is 18.5 Å². The van der Waals surface area contributed by atoms with Crippen LogP contribution in [0.4, 0.5) is 0 Å². The SMILES string of the molecule is C=CCOc1ccc(C(c2ccc(OCC=C)cc2)(C(Cl)(Cl)Cl)C(Cl)(Cl)Cl)cc1. The number of rotatable bonds is 8. The summed E-state index contributed by atoms with van der Waals surface area (Å²) in [5, 5.41) is 0. The highest BCUT2D eigenvalue weighted by Gasteiger charge is 2.63. The van der Waals surface area contributed by atoms with Gasteiger partial charge in [-0.2, -0.15) is 0 Å². The average molecular weight is 515 g/mol. The van der Waals surface area contributed by atoms with Crippen LogP contribution >= 0.6 is 69.6 Å². The van der Waals surface area contributed by atoms with Gasteiger partial charge in [0.2, 0.25) is 7.59 Å². The van der Waals surface area contributed by atoms with Gasteiger partial charge in [0.25, 0.3) is 0 Å². The molecule has 0 saturated heterocycles. The van der Waals surface area contributed by atoms with E-state index in [2.05, 4.69) is 13.2 Å². The van der Waals surface area contributed by atoms with Gasteiger partial charge in [0.1, 0.15) is 30.1 Å². The first kappa shape index (κ1) is 24.5. The minimum absolute atomic E-state index is 0.353. The summed E-state index contributed by atoms with van der Waals surface area (Å²) in [4.78, 5) is 0. The van der Waals surface area contributed by atoms with E-state index >= 15 is 0 Å². The Morgan fingerprint density at radius 3 is 1.17 bits per heavy atom. The Morgan fingerprint density at radius 2 is 0.931 bits per heavy atom. The quantitative estimate of drug-likeness (QED) is 0.264. The highest BCUT2D eigenvalue weighted by atomic mass is 35.6. The van der Waals surface area contributed by atoms with Crippen LogP contribution in [0.15, 0.2) is 73.8 Å². The first-order valence-corrected chi connectivity index (χ1v) is 10.7. The number of halogens is 6. The van der Waals surface area contributed by atoms with E-state index in [0.29, 0.717) is 35.8 Å².